The van der Waals surface area contributed by atoms with Crippen molar-refractivity contribution in [2.75, 3.05) is 20.7 Å². The summed E-state index contributed by atoms with van der Waals surface area (Å²) in [4.78, 5) is 28.7. The Kier molecular flexibility index (Phi) is 9.52. The van der Waals surface area contributed by atoms with Gasteiger partial charge in [-0.05, 0) is 64.2 Å². The molecule has 0 aromatic heterocycles. The Hall–Kier alpha value is -2.15. The topological polar surface area (TPSA) is 59.1 Å². The number of ether oxygens (including phenoxy) is 2. The summed E-state index contributed by atoms with van der Waals surface area (Å²) in [5.41, 5.74) is 1.06. The van der Waals surface area contributed by atoms with Crippen molar-refractivity contribution in [1.82, 2.24) is 9.80 Å². The van der Waals surface area contributed by atoms with Gasteiger partial charge in [0.25, 0.3) is 0 Å². The molecule has 1 aromatic rings. The Morgan fingerprint density at radius 2 is 1.88 bits per heavy atom. The summed E-state index contributed by atoms with van der Waals surface area (Å²) in [6, 6.07) is 3.32. The molecule has 1 heterocycles. The van der Waals surface area contributed by atoms with Crippen LogP contribution in [-0.4, -0.2) is 59.7 Å². The SMILES string of the molecule is CC.CCCCC1(N(C)C(=O)OC(C)(C)C)CC(N2CCc3cc(C(=O)OC)cc(F)c3C2)C1. The number of nitrogens with zero attached hydrogens (tertiary/aromatic N) is 2. The largest absolute Gasteiger partial charge is 0.465 e. The van der Waals surface area contributed by atoms with E-state index < -0.39 is 11.6 Å². The zero-order valence-electron chi connectivity index (χ0n) is 22.3. The second-order valence-electron chi connectivity index (χ2n) is 10.2. The molecule has 1 amide bonds. The number of hydrogen-bond donors (Lipinski definition) is 0. The van der Waals surface area contributed by atoms with Gasteiger partial charge in [-0.3, -0.25) is 4.90 Å². The number of carbonyl (C=O) groups excluding carboxylic acids is 2. The first kappa shape index (κ1) is 28.1. The number of esters is 1. The molecule has 0 bridgehead atoms. The standard InChI is InChI=1S/C25H37FN2O4.C2H6/c1-7-8-10-25(27(5)23(30)32-24(2,3)4)14-19(15-25)28-11-9-17-12-18(22(29)31-6)13-21(26)20(17)16-28;1-2/h12-13,19H,7-11,14-16H2,1-6H3;1-2H3. The Balaban J connectivity index is 0.00000199. The van der Waals surface area contributed by atoms with E-state index in [9.17, 15) is 14.0 Å². The van der Waals surface area contributed by atoms with Crippen LogP contribution in [0.3, 0.4) is 0 Å². The number of carbonyl (C=O) groups is 2. The third kappa shape index (κ3) is 6.29. The summed E-state index contributed by atoms with van der Waals surface area (Å²) >= 11 is 0. The minimum Gasteiger partial charge on any atom is -0.465 e. The summed E-state index contributed by atoms with van der Waals surface area (Å²) in [5, 5.41) is 0. The number of rotatable bonds is 6. The lowest BCUT2D eigenvalue weighted by atomic mass is 9.67. The minimum absolute atomic E-state index is 0.212. The van der Waals surface area contributed by atoms with Crippen molar-refractivity contribution < 1.29 is 23.5 Å². The smallest absolute Gasteiger partial charge is 0.410 e. The predicted molar refractivity (Wildman–Crippen MR) is 132 cm³/mol. The number of amides is 1. The van der Waals surface area contributed by atoms with Crippen molar-refractivity contribution in [2.24, 2.45) is 0 Å². The molecule has 34 heavy (non-hydrogen) atoms. The minimum atomic E-state index is -0.530. The first-order valence-electron chi connectivity index (χ1n) is 12.6. The van der Waals surface area contributed by atoms with Gasteiger partial charge in [-0.15, -0.1) is 0 Å². The van der Waals surface area contributed by atoms with Crippen molar-refractivity contribution in [3.63, 3.8) is 0 Å². The molecule has 0 radical (unpaired) electrons. The van der Waals surface area contributed by atoms with Crippen molar-refractivity contribution >= 4 is 12.1 Å². The van der Waals surface area contributed by atoms with Gasteiger partial charge in [0.15, 0.2) is 0 Å². The van der Waals surface area contributed by atoms with E-state index in [1.54, 1.807) is 11.0 Å². The second kappa shape index (κ2) is 11.5. The molecule has 7 heteroatoms. The number of halogens is 1. The molecular weight excluding hydrogens is 435 g/mol. The molecule has 0 atom stereocenters. The van der Waals surface area contributed by atoms with E-state index in [1.165, 1.54) is 13.2 Å². The van der Waals surface area contributed by atoms with Crippen molar-refractivity contribution in [2.45, 2.75) is 104 Å². The number of methoxy groups -OCH3 is 1. The first-order valence-corrected chi connectivity index (χ1v) is 12.6. The molecule has 1 saturated carbocycles. The van der Waals surface area contributed by atoms with Crippen LogP contribution in [0.15, 0.2) is 12.1 Å². The van der Waals surface area contributed by atoms with Crippen molar-refractivity contribution in [3.05, 3.63) is 34.6 Å². The van der Waals surface area contributed by atoms with Crippen LogP contribution in [0.1, 0.15) is 95.1 Å². The average molecular weight is 479 g/mol. The van der Waals surface area contributed by atoms with E-state index >= 15 is 0 Å². The van der Waals surface area contributed by atoms with E-state index in [4.69, 9.17) is 9.47 Å². The molecule has 1 aliphatic carbocycles. The maximum absolute atomic E-state index is 14.8. The number of unbranched alkanes of at least 4 members (excludes halogenated alkanes) is 1. The van der Waals surface area contributed by atoms with Gasteiger partial charge >= 0.3 is 12.1 Å². The average Bonchev–Trinajstić information content (AvgIpc) is 2.77. The highest BCUT2D eigenvalue weighted by Gasteiger charge is 2.51. The molecule has 1 aromatic carbocycles. The van der Waals surface area contributed by atoms with Crippen molar-refractivity contribution in [1.29, 1.82) is 0 Å². The lowest BCUT2D eigenvalue weighted by Crippen LogP contribution is -2.64. The van der Waals surface area contributed by atoms with Crippen LogP contribution in [0.5, 0.6) is 0 Å². The Morgan fingerprint density at radius 1 is 1.24 bits per heavy atom. The zero-order chi connectivity index (χ0) is 25.7. The van der Waals surface area contributed by atoms with E-state index in [0.29, 0.717) is 24.6 Å². The number of hydrogen-bond acceptors (Lipinski definition) is 5. The molecule has 192 valence electrons. The predicted octanol–water partition coefficient (Wildman–Crippen LogP) is 5.95. The highest BCUT2D eigenvalue weighted by atomic mass is 19.1. The summed E-state index contributed by atoms with van der Waals surface area (Å²) in [7, 11) is 3.15. The van der Waals surface area contributed by atoms with Crippen LogP contribution in [0.25, 0.3) is 0 Å². The van der Waals surface area contributed by atoms with E-state index in [0.717, 1.165) is 44.2 Å². The molecule has 0 spiro atoms. The maximum atomic E-state index is 14.8. The van der Waals surface area contributed by atoms with Gasteiger partial charge in [0.05, 0.1) is 12.7 Å². The van der Waals surface area contributed by atoms with Crippen LogP contribution in [-0.2, 0) is 22.4 Å². The fourth-order valence-corrected chi connectivity index (χ4v) is 4.94. The van der Waals surface area contributed by atoms with Crippen LogP contribution < -0.4 is 0 Å². The van der Waals surface area contributed by atoms with Gasteiger partial charge in [0, 0.05) is 37.3 Å². The third-order valence-electron chi connectivity index (χ3n) is 6.86. The molecule has 1 fully saturated rings. The van der Waals surface area contributed by atoms with Gasteiger partial charge in [-0.25, -0.2) is 14.0 Å². The van der Waals surface area contributed by atoms with Gasteiger partial charge in [0.1, 0.15) is 11.4 Å². The highest BCUT2D eigenvalue weighted by molar-refractivity contribution is 5.89. The maximum Gasteiger partial charge on any atom is 0.410 e. The molecule has 2 aliphatic rings. The first-order chi connectivity index (χ1) is 16.0. The van der Waals surface area contributed by atoms with Crippen LogP contribution in [0.2, 0.25) is 0 Å². The Labute approximate surface area is 204 Å². The van der Waals surface area contributed by atoms with Crippen LogP contribution >= 0.6 is 0 Å². The second-order valence-corrected chi connectivity index (χ2v) is 10.2. The van der Waals surface area contributed by atoms with Gasteiger partial charge in [-0.2, -0.15) is 0 Å². The van der Waals surface area contributed by atoms with Gasteiger partial charge in [0.2, 0.25) is 0 Å². The fraction of sp³-hybridized carbons (Fsp3) is 0.704. The molecule has 6 nitrogen and oxygen atoms in total. The molecule has 0 N–H and O–H groups in total. The van der Waals surface area contributed by atoms with E-state index in [-0.39, 0.29) is 23.0 Å². The lowest BCUT2D eigenvalue weighted by molar-refractivity contribution is -0.0595. The monoisotopic (exact) mass is 478 g/mol. The Morgan fingerprint density at radius 3 is 2.44 bits per heavy atom. The van der Waals surface area contributed by atoms with Crippen LogP contribution in [0, 0.1) is 5.82 Å². The lowest BCUT2D eigenvalue weighted by Gasteiger charge is -2.56. The number of fused-ring (bicyclic) bond motifs is 1. The Bertz CT molecular complexity index is 859. The summed E-state index contributed by atoms with van der Waals surface area (Å²) in [6.45, 7) is 13.1. The van der Waals surface area contributed by atoms with Gasteiger partial charge < -0.3 is 14.4 Å². The molecule has 0 unspecified atom stereocenters. The van der Waals surface area contributed by atoms with E-state index in [1.807, 2.05) is 41.7 Å². The van der Waals surface area contributed by atoms with E-state index in [2.05, 4.69) is 11.8 Å². The van der Waals surface area contributed by atoms with Gasteiger partial charge in [-0.1, -0.05) is 33.6 Å². The quantitative estimate of drug-likeness (QED) is 0.473. The summed E-state index contributed by atoms with van der Waals surface area (Å²) in [5.74, 6) is -0.867. The summed E-state index contributed by atoms with van der Waals surface area (Å²) in [6.07, 6.45) is 5.19. The molecule has 0 saturated heterocycles. The third-order valence-corrected chi connectivity index (χ3v) is 6.86. The fourth-order valence-electron chi connectivity index (χ4n) is 4.94. The van der Waals surface area contributed by atoms with Crippen LogP contribution in [0.4, 0.5) is 9.18 Å². The normalized spacial score (nSPS) is 22.0. The summed E-state index contributed by atoms with van der Waals surface area (Å²) < 4.78 is 25.2. The molecule has 1 aliphatic heterocycles. The zero-order valence-corrected chi connectivity index (χ0v) is 22.3. The molecular formula is C27H43FN2O4. The van der Waals surface area contributed by atoms with Crippen molar-refractivity contribution in [3.8, 4) is 0 Å². The molecule has 3 rings (SSSR count). The number of benzene rings is 1. The highest BCUT2D eigenvalue weighted by Crippen LogP contribution is 2.45.